The maximum absolute atomic E-state index is 12.6. The minimum Gasteiger partial charge on any atom is -0.352 e. The molecule has 0 spiro atoms. The summed E-state index contributed by atoms with van der Waals surface area (Å²) >= 11 is 6.04. The number of rotatable bonds is 8. The molecule has 32 heavy (non-hydrogen) atoms. The number of benzene rings is 3. The second-order valence-corrected chi connectivity index (χ2v) is 9.06. The molecule has 0 saturated carbocycles. The van der Waals surface area contributed by atoms with E-state index in [1.54, 1.807) is 0 Å². The van der Waals surface area contributed by atoms with E-state index in [2.05, 4.69) is 70.9 Å². The molecule has 4 rings (SSSR count). The van der Waals surface area contributed by atoms with Gasteiger partial charge in [0.05, 0.1) is 0 Å². The van der Waals surface area contributed by atoms with Gasteiger partial charge in [-0.15, -0.1) is 0 Å². The number of carbonyl (C=O) groups excluding carboxylic acids is 1. The molecular formula is C28H31ClN2O. The van der Waals surface area contributed by atoms with Crippen LogP contribution in [-0.4, -0.2) is 30.4 Å². The van der Waals surface area contributed by atoms with Gasteiger partial charge in [0.25, 0.3) is 0 Å². The van der Waals surface area contributed by atoms with Crippen molar-refractivity contribution in [2.45, 2.75) is 31.7 Å². The number of halogens is 1. The zero-order valence-corrected chi connectivity index (χ0v) is 19.2. The Morgan fingerprint density at radius 1 is 0.906 bits per heavy atom. The van der Waals surface area contributed by atoms with Crippen LogP contribution in [0.2, 0.25) is 5.02 Å². The van der Waals surface area contributed by atoms with Crippen LogP contribution in [0.3, 0.4) is 0 Å². The summed E-state index contributed by atoms with van der Waals surface area (Å²) < 4.78 is 0. The van der Waals surface area contributed by atoms with Gasteiger partial charge in [-0.2, -0.15) is 0 Å². The van der Waals surface area contributed by atoms with E-state index in [-0.39, 0.29) is 11.8 Å². The van der Waals surface area contributed by atoms with Crippen LogP contribution in [0.1, 0.15) is 41.9 Å². The number of amides is 1. The van der Waals surface area contributed by atoms with Crippen molar-refractivity contribution >= 4 is 17.5 Å². The fraction of sp³-hybridized carbons (Fsp3) is 0.321. The predicted octanol–water partition coefficient (Wildman–Crippen LogP) is 5.89. The molecule has 4 heteroatoms. The Morgan fingerprint density at radius 2 is 1.53 bits per heavy atom. The van der Waals surface area contributed by atoms with Gasteiger partial charge in [-0.05, 0) is 67.7 Å². The first kappa shape index (κ1) is 22.6. The molecule has 0 bridgehead atoms. The SMILES string of the molecule is O=C(NCc1cccc(Cl)c1)C1CCN(CCC(c2ccccc2)c2ccccc2)CC1. The minimum absolute atomic E-state index is 0.101. The first-order chi connectivity index (χ1) is 15.7. The number of hydrogen-bond acceptors (Lipinski definition) is 2. The van der Waals surface area contributed by atoms with Crippen LogP contribution >= 0.6 is 11.6 Å². The van der Waals surface area contributed by atoms with Crippen LogP contribution in [0.5, 0.6) is 0 Å². The van der Waals surface area contributed by atoms with Crippen molar-refractivity contribution in [1.82, 2.24) is 10.2 Å². The molecule has 1 amide bonds. The smallest absolute Gasteiger partial charge is 0.223 e. The fourth-order valence-corrected chi connectivity index (χ4v) is 4.82. The third-order valence-electron chi connectivity index (χ3n) is 6.45. The first-order valence-electron chi connectivity index (χ1n) is 11.5. The van der Waals surface area contributed by atoms with Gasteiger partial charge in [-0.3, -0.25) is 4.79 Å². The average Bonchev–Trinajstić information content (AvgIpc) is 2.84. The summed E-state index contributed by atoms with van der Waals surface area (Å²) in [6.07, 6.45) is 2.92. The molecular weight excluding hydrogens is 416 g/mol. The van der Waals surface area contributed by atoms with Crippen LogP contribution in [0.4, 0.5) is 0 Å². The maximum atomic E-state index is 12.6. The molecule has 1 heterocycles. The van der Waals surface area contributed by atoms with Crippen molar-refractivity contribution < 1.29 is 4.79 Å². The van der Waals surface area contributed by atoms with Gasteiger partial charge in [0.1, 0.15) is 0 Å². The molecule has 0 radical (unpaired) electrons. The monoisotopic (exact) mass is 446 g/mol. The van der Waals surface area contributed by atoms with E-state index < -0.39 is 0 Å². The van der Waals surface area contributed by atoms with E-state index in [1.807, 2.05) is 24.3 Å². The van der Waals surface area contributed by atoms with E-state index in [0.29, 0.717) is 17.5 Å². The van der Waals surface area contributed by atoms with Crippen molar-refractivity contribution in [1.29, 1.82) is 0 Å². The van der Waals surface area contributed by atoms with Gasteiger partial charge in [0.2, 0.25) is 5.91 Å². The summed E-state index contributed by atoms with van der Waals surface area (Å²) in [5.41, 5.74) is 3.78. The highest BCUT2D eigenvalue weighted by Gasteiger charge is 2.25. The highest BCUT2D eigenvalue weighted by molar-refractivity contribution is 6.30. The molecule has 0 unspecified atom stereocenters. The fourth-order valence-electron chi connectivity index (χ4n) is 4.61. The standard InChI is InChI=1S/C28H31ClN2O/c29-26-13-7-8-22(20-26)21-30-28(32)25-14-17-31(18-15-25)19-16-27(23-9-3-1-4-10-23)24-11-5-2-6-12-24/h1-13,20,25,27H,14-19,21H2,(H,30,32). The Kier molecular flexibility index (Phi) is 7.97. The third kappa shape index (κ3) is 6.21. The summed E-state index contributed by atoms with van der Waals surface area (Å²) in [6.45, 7) is 3.54. The van der Waals surface area contributed by atoms with Gasteiger partial charge < -0.3 is 10.2 Å². The highest BCUT2D eigenvalue weighted by Crippen LogP contribution is 2.29. The summed E-state index contributed by atoms with van der Waals surface area (Å²) in [6, 6.07) is 29.2. The average molecular weight is 447 g/mol. The summed E-state index contributed by atoms with van der Waals surface area (Å²) in [5.74, 6) is 0.664. The number of hydrogen-bond donors (Lipinski definition) is 1. The van der Waals surface area contributed by atoms with Crippen molar-refractivity contribution in [3.63, 3.8) is 0 Å². The molecule has 1 N–H and O–H groups in total. The van der Waals surface area contributed by atoms with E-state index >= 15 is 0 Å². The van der Waals surface area contributed by atoms with Crippen LogP contribution in [-0.2, 0) is 11.3 Å². The molecule has 0 aliphatic carbocycles. The zero-order valence-electron chi connectivity index (χ0n) is 18.4. The molecule has 3 aromatic rings. The molecule has 1 saturated heterocycles. The second-order valence-electron chi connectivity index (χ2n) is 8.63. The molecule has 3 nitrogen and oxygen atoms in total. The number of piperidine rings is 1. The van der Waals surface area contributed by atoms with Gasteiger partial charge >= 0.3 is 0 Å². The van der Waals surface area contributed by atoms with Crippen LogP contribution in [0, 0.1) is 5.92 Å². The number of nitrogens with one attached hydrogen (secondary N) is 1. The number of nitrogens with zero attached hydrogens (tertiary/aromatic N) is 1. The molecule has 0 aromatic heterocycles. The van der Waals surface area contributed by atoms with Crippen molar-refractivity contribution in [2.75, 3.05) is 19.6 Å². The van der Waals surface area contributed by atoms with Gasteiger partial charge in [0.15, 0.2) is 0 Å². The summed E-state index contributed by atoms with van der Waals surface area (Å²) in [7, 11) is 0. The van der Waals surface area contributed by atoms with E-state index in [9.17, 15) is 4.79 Å². The lowest BCUT2D eigenvalue weighted by Crippen LogP contribution is -2.40. The van der Waals surface area contributed by atoms with Crippen LogP contribution < -0.4 is 5.32 Å². The zero-order chi connectivity index (χ0) is 22.2. The maximum Gasteiger partial charge on any atom is 0.223 e. The summed E-state index contributed by atoms with van der Waals surface area (Å²) in [5, 5.41) is 3.79. The molecule has 1 fully saturated rings. The number of carbonyl (C=O) groups is 1. The number of likely N-dealkylation sites (tertiary alicyclic amines) is 1. The normalized spacial score (nSPS) is 15.1. The molecule has 1 aliphatic heterocycles. The van der Waals surface area contributed by atoms with Gasteiger partial charge in [-0.1, -0.05) is 84.4 Å². The quantitative estimate of drug-likeness (QED) is 0.467. The summed E-state index contributed by atoms with van der Waals surface area (Å²) in [4.78, 5) is 15.2. The Hall–Kier alpha value is -2.62. The largest absolute Gasteiger partial charge is 0.352 e. The highest BCUT2D eigenvalue weighted by atomic mass is 35.5. The Morgan fingerprint density at radius 3 is 2.12 bits per heavy atom. The lowest BCUT2D eigenvalue weighted by molar-refractivity contribution is -0.126. The van der Waals surface area contributed by atoms with Gasteiger partial charge in [-0.25, -0.2) is 0 Å². The lowest BCUT2D eigenvalue weighted by Gasteiger charge is -2.32. The van der Waals surface area contributed by atoms with Crippen molar-refractivity contribution in [3.8, 4) is 0 Å². The molecule has 1 aliphatic rings. The molecule has 0 atom stereocenters. The molecule has 3 aromatic carbocycles. The first-order valence-corrected chi connectivity index (χ1v) is 11.9. The Balaban J connectivity index is 1.27. The predicted molar refractivity (Wildman–Crippen MR) is 132 cm³/mol. The van der Waals surface area contributed by atoms with Crippen LogP contribution in [0.15, 0.2) is 84.9 Å². The van der Waals surface area contributed by atoms with E-state index in [4.69, 9.17) is 11.6 Å². The molecule has 166 valence electrons. The van der Waals surface area contributed by atoms with E-state index in [0.717, 1.165) is 44.5 Å². The topological polar surface area (TPSA) is 32.3 Å². The Labute approximate surface area is 196 Å². The van der Waals surface area contributed by atoms with E-state index in [1.165, 1.54) is 11.1 Å². The second kappa shape index (κ2) is 11.3. The van der Waals surface area contributed by atoms with Gasteiger partial charge in [0, 0.05) is 23.4 Å². The minimum atomic E-state index is 0.101. The Bertz CT molecular complexity index is 945. The lowest BCUT2D eigenvalue weighted by atomic mass is 9.88. The third-order valence-corrected chi connectivity index (χ3v) is 6.69. The van der Waals surface area contributed by atoms with Crippen LogP contribution in [0.25, 0.3) is 0 Å². The van der Waals surface area contributed by atoms with Crippen molar-refractivity contribution in [3.05, 3.63) is 107 Å². The van der Waals surface area contributed by atoms with Crippen molar-refractivity contribution in [2.24, 2.45) is 5.92 Å².